The van der Waals surface area contributed by atoms with Crippen molar-refractivity contribution < 1.29 is 4.74 Å². The number of aromatic nitrogens is 1. The molecule has 1 aromatic heterocycles. The molecule has 78 valence electrons. The minimum absolute atomic E-state index is 0.248. The number of nitrogens with zero attached hydrogens (tertiary/aromatic N) is 1. The first-order valence-corrected chi connectivity index (χ1v) is 4.91. The van der Waals surface area contributed by atoms with Gasteiger partial charge in [0.05, 0.1) is 18.4 Å². The van der Waals surface area contributed by atoms with E-state index in [-0.39, 0.29) is 6.10 Å². The van der Waals surface area contributed by atoms with Crippen molar-refractivity contribution in [3.8, 4) is 0 Å². The first-order valence-electron chi connectivity index (χ1n) is 4.91. The topological polar surface area (TPSA) is 48.1 Å². The summed E-state index contributed by atoms with van der Waals surface area (Å²) in [7, 11) is 0. The Labute approximate surface area is 85.3 Å². The molecule has 0 saturated heterocycles. The van der Waals surface area contributed by atoms with Gasteiger partial charge in [-0.3, -0.25) is 4.98 Å². The van der Waals surface area contributed by atoms with Gasteiger partial charge in [0.1, 0.15) is 0 Å². The Hall–Kier alpha value is -1.09. The SMILES string of the molecule is CC(C)C(C)OCc1cc(N)ccn1. The molecule has 0 fully saturated rings. The first kappa shape index (κ1) is 11.0. The molecule has 2 N–H and O–H groups in total. The molecule has 3 heteroatoms. The smallest absolute Gasteiger partial charge is 0.0892 e. The number of ether oxygens (including phenoxy) is 1. The van der Waals surface area contributed by atoms with Crippen molar-refractivity contribution in [2.24, 2.45) is 5.92 Å². The molecule has 0 saturated carbocycles. The minimum Gasteiger partial charge on any atom is -0.399 e. The summed E-state index contributed by atoms with van der Waals surface area (Å²) in [6.07, 6.45) is 1.95. The van der Waals surface area contributed by atoms with Crippen molar-refractivity contribution in [2.75, 3.05) is 5.73 Å². The average molecular weight is 194 g/mol. The van der Waals surface area contributed by atoms with Crippen molar-refractivity contribution in [1.29, 1.82) is 0 Å². The summed E-state index contributed by atoms with van der Waals surface area (Å²) in [6, 6.07) is 3.61. The molecule has 0 spiro atoms. The third-order valence-electron chi connectivity index (χ3n) is 2.27. The quantitative estimate of drug-likeness (QED) is 0.799. The standard InChI is InChI=1S/C11H18N2O/c1-8(2)9(3)14-7-11-6-10(12)4-5-13-11/h4-6,8-9H,7H2,1-3H3,(H2,12,13). The molecule has 0 bridgehead atoms. The lowest BCUT2D eigenvalue weighted by Gasteiger charge is -2.16. The van der Waals surface area contributed by atoms with E-state index < -0.39 is 0 Å². The lowest BCUT2D eigenvalue weighted by Crippen LogP contribution is -2.15. The van der Waals surface area contributed by atoms with Gasteiger partial charge in [0.2, 0.25) is 0 Å². The summed E-state index contributed by atoms with van der Waals surface area (Å²) < 4.78 is 5.63. The molecule has 3 nitrogen and oxygen atoms in total. The van der Waals surface area contributed by atoms with Crippen LogP contribution in [0.5, 0.6) is 0 Å². The van der Waals surface area contributed by atoms with E-state index in [0.29, 0.717) is 12.5 Å². The van der Waals surface area contributed by atoms with Crippen LogP contribution in [0.25, 0.3) is 0 Å². The lowest BCUT2D eigenvalue weighted by molar-refractivity contribution is 0.0218. The summed E-state index contributed by atoms with van der Waals surface area (Å²) >= 11 is 0. The van der Waals surface area contributed by atoms with Gasteiger partial charge in [-0.25, -0.2) is 0 Å². The molecular formula is C11H18N2O. The van der Waals surface area contributed by atoms with Crippen molar-refractivity contribution in [3.63, 3.8) is 0 Å². The van der Waals surface area contributed by atoms with E-state index in [0.717, 1.165) is 11.4 Å². The number of hydrogen-bond donors (Lipinski definition) is 1. The average Bonchev–Trinajstić information content (AvgIpc) is 2.14. The van der Waals surface area contributed by atoms with Gasteiger partial charge in [-0.1, -0.05) is 13.8 Å². The number of nitrogen functional groups attached to an aromatic ring is 1. The fourth-order valence-electron chi connectivity index (χ4n) is 0.985. The Morgan fingerprint density at radius 3 is 2.71 bits per heavy atom. The zero-order valence-corrected chi connectivity index (χ0v) is 9.03. The summed E-state index contributed by atoms with van der Waals surface area (Å²) in [5, 5.41) is 0. The van der Waals surface area contributed by atoms with E-state index in [1.807, 2.05) is 6.07 Å². The van der Waals surface area contributed by atoms with E-state index in [4.69, 9.17) is 10.5 Å². The van der Waals surface area contributed by atoms with Crippen LogP contribution in [0.3, 0.4) is 0 Å². The van der Waals surface area contributed by atoms with Crippen LogP contribution in [0.2, 0.25) is 0 Å². The fourth-order valence-corrected chi connectivity index (χ4v) is 0.985. The molecule has 1 atom stereocenters. The number of nitrogens with two attached hydrogens (primary N) is 1. The van der Waals surface area contributed by atoms with Crippen LogP contribution < -0.4 is 5.73 Å². The highest BCUT2D eigenvalue weighted by atomic mass is 16.5. The van der Waals surface area contributed by atoms with Gasteiger partial charge in [0, 0.05) is 11.9 Å². The first-order chi connectivity index (χ1) is 6.59. The normalized spacial score (nSPS) is 13.1. The van der Waals surface area contributed by atoms with Crippen molar-refractivity contribution in [1.82, 2.24) is 4.98 Å². The van der Waals surface area contributed by atoms with Gasteiger partial charge in [0.25, 0.3) is 0 Å². The Morgan fingerprint density at radius 2 is 2.14 bits per heavy atom. The molecule has 0 aliphatic rings. The monoisotopic (exact) mass is 194 g/mol. The second-order valence-electron chi connectivity index (χ2n) is 3.84. The molecule has 0 radical (unpaired) electrons. The highest BCUT2D eigenvalue weighted by Crippen LogP contribution is 2.09. The van der Waals surface area contributed by atoms with Crippen LogP contribution in [0.15, 0.2) is 18.3 Å². The van der Waals surface area contributed by atoms with Crippen molar-refractivity contribution >= 4 is 5.69 Å². The molecule has 1 aromatic rings. The summed E-state index contributed by atoms with van der Waals surface area (Å²) in [5.74, 6) is 0.524. The lowest BCUT2D eigenvalue weighted by atomic mass is 10.1. The van der Waals surface area contributed by atoms with Gasteiger partial charge in [0.15, 0.2) is 0 Å². The van der Waals surface area contributed by atoms with E-state index in [9.17, 15) is 0 Å². The molecule has 0 aromatic carbocycles. The molecular weight excluding hydrogens is 176 g/mol. The van der Waals surface area contributed by atoms with Crippen molar-refractivity contribution in [3.05, 3.63) is 24.0 Å². The summed E-state index contributed by atoms with van der Waals surface area (Å²) in [4.78, 5) is 4.17. The van der Waals surface area contributed by atoms with Crippen LogP contribution in [0.1, 0.15) is 26.5 Å². The summed E-state index contributed by atoms with van der Waals surface area (Å²) in [6.45, 7) is 6.87. The Kier molecular flexibility index (Phi) is 3.89. The number of pyridine rings is 1. The Morgan fingerprint density at radius 1 is 1.43 bits per heavy atom. The van der Waals surface area contributed by atoms with E-state index >= 15 is 0 Å². The second-order valence-corrected chi connectivity index (χ2v) is 3.84. The highest BCUT2D eigenvalue weighted by Gasteiger charge is 2.07. The minimum atomic E-state index is 0.248. The fraction of sp³-hybridized carbons (Fsp3) is 0.545. The van der Waals surface area contributed by atoms with Crippen LogP contribution in [0, 0.1) is 5.92 Å². The zero-order chi connectivity index (χ0) is 10.6. The molecule has 1 unspecified atom stereocenters. The maximum absolute atomic E-state index is 5.63. The van der Waals surface area contributed by atoms with E-state index in [2.05, 4.69) is 25.8 Å². The van der Waals surface area contributed by atoms with Gasteiger partial charge in [-0.2, -0.15) is 0 Å². The predicted octanol–water partition coefficient (Wildman–Crippen LogP) is 2.22. The predicted molar refractivity (Wildman–Crippen MR) is 57.7 cm³/mol. The van der Waals surface area contributed by atoms with Crippen LogP contribution >= 0.6 is 0 Å². The van der Waals surface area contributed by atoms with E-state index in [1.54, 1.807) is 12.3 Å². The molecule has 0 aliphatic carbocycles. The van der Waals surface area contributed by atoms with Gasteiger partial charge < -0.3 is 10.5 Å². The van der Waals surface area contributed by atoms with Crippen LogP contribution in [-0.4, -0.2) is 11.1 Å². The maximum atomic E-state index is 5.63. The molecule has 1 heterocycles. The third-order valence-corrected chi connectivity index (χ3v) is 2.27. The maximum Gasteiger partial charge on any atom is 0.0892 e. The largest absolute Gasteiger partial charge is 0.399 e. The Bertz CT molecular complexity index is 286. The van der Waals surface area contributed by atoms with Gasteiger partial charge >= 0.3 is 0 Å². The van der Waals surface area contributed by atoms with Crippen LogP contribution in [0.4, 0.5) is 5.69 Å². The third kappa shape index (κ3) is 3.34. The second kappa shape index (κ2) is 4.96. The molecule has 1 rings (SSSR count). The molecule has 14 heavy (non-hydrogen) atoms. The summed E-state index contributed by atoms with van der Waals surface area (Å²) in [5.41, 5.74) is 7.25. The number of anilines is 1. The van der Waals surface area contributed by atoms with Gasteiger partial charge in [-0.15, -0.1) is 0 Å². The van der Waals surface area contributed by atoms with Crippen LogP contribution in [-0.2, 0) is 11.3 Å². The van der Waals surface area contributed by atoms with Gasteiger partial charge in [-0.05, 0) is 25.0 Å². The number of hydrogen-bond acceptors (Lipinski definition) is 3. The molecule has 0 amide bonds. The molecule has 0 aliphatic heterocycles. The Balaban J connectivity index is 2.45. The van der Waals surface area contributed by atoms with E-state index in [1.165, 1.54) is 0 Å². The highest BCUT2D eigenvalue weighted by molar-refractivity contribution is 5.36. The van der Waals surface area contributed by atoms with Crippen molar-refractivity contribution in [2.45, 2.75) is 33.5 Å². The number of rotatable bonds is 4. The zero-order valence-electron chi connectivity index (χ0n) is 9.03.